The van der Waals surface area contributed by atoms with E-state index in [1.807, 2.05) is 58.3 Å². The van der Waals surface area contributed by atoms with Crippen molar-refractivity contribution in [2.45, 2.75) is 38.8 Å². The van der Waals surface area contributed by atoms with Crippen molar-refractivity contribution in [3.8, 4) is 0 Å². The highest BCUT2D eigenvalue weighted by molar-refractivity contribution is 6.30. The fourth-order valence-electron chi connectivity index (χ4n) is 6.15. The number of nitrogens with zero attached hydrogens (tertiary/aromatic N) is 2. The fraction of sp³-hybridized carbons (Fsp3) is 0.211. The maximum absolute atomic E-state index is 12.1. The highest BCUT2D eigenvalue weighted by atomic mass is 35.5. The molecule has 2 atom stereocenters. The molecule has 4 nitrogen and oxygen atoms in total. The van der Waals surface area contributed by atoms with Crippen molar-refractivity contribution in [3.63, 3.8) is 0 Å². The molecule has 0 aromatic heterocycles. The van der Waals surface area contributed by atoms with Gasteiger partial charge in [0.15, 0.2) is 0 Å². The Morgan fingerprint density at radius 3 is 1.34 bits per heavy atom. The number of hydrogen-bond acceptors (Lipinski definition) is 2. The molecule has 0 unspecified atom stereocenters. The van der Waals surface area contributed by atoms with E-state index >= 15 is 0 Å². The van der Waals surface area contributed by atoms with E-state index in [9.17, 15) is 9.59 Å². The second-order valence-corrected chi connectivity index (χ2v) is 12.3. The quantitative estimate of drug-likeness (QED) is 0.214. The third-order valence-electron chi connectivity index (χ3n) is 8.39. The second-order valence-electron chi connectivity index (χ2n) is 11.5. The Morgan fingerprint density at radius 2 is 1.00 bits per heavy atom. The third kappa shape index (κ3) is 6.99. The van der Waals surface area contributed by atoms with E-state index in [0.29, 0.717) is 26.2 Å². The summed E-state index contributed by atoms with van der Waals surface area (Å²) in [6.45, 7) is 14.0. The van der Waals surface area contributed by atoms with Crippen LogP contribution in [0.1, 0.15) is 56.3 Å². The van der Waals surface area contributed by atoms with Gasteiger partial charge in [-0.15, -0.1) is 0 Å². The molecule has 0 N–H and O–H groups in total. The average molecular weight is 624 g/mol. The van der Waals surface area contributed by atoms with Crippen LogP contribution in [0.15, 0.2) is 110 Å². The van der Waals surface area contributed by atoms with Gasteiger partial charge in [-0.1, -0.05) is 108 Å². The van der Waals surface area contributed by atoms with E-state index in [-0.39, 0.29) is 23.7 Å². The van der Waals surface area contributed by atoms with E-state index < -0.39 is 0 Å². The summed E-state index contributed by atoms with van der Waals surface area (Å²) in [5.41, 5.74) is 9.78. The van der Waals surface area contributed by atoms with Gasteiger partial charge >= 0.3 is 0 Å². The summed E-state index contributed by atoms with van der Waals surface area (Å²) in [7, 11) is 0. The Kier molecular flexibility index (Phi) is 9.73. The monoisotopic (exact) mass is 622 g/mol. The molecule has 6 heteroatoms. The minimum absolute atomic E-state index is 0.0221. The molecule has 0 saturated carbocycles. The van der Waals surface area contributed by atoms with Crippen LogP contribution in [0.25, 0.3) is 0 Å². The number of carbonyl (C=O) groups is 2. The van der Waals surface area contributed by atoms with Crippen molar-refractivity contribution in [3.05, 3.63) is 165 Å². The molecule has 0 saturated heterocycles. The summed E-state index contributed by atoms with van der Waals surface area (Å²) in [6.07, 6.45) is 2.78. The third-order valence-corrected chi connectivity index (χ3v) is 8.90. The zero-order valence-electron chi connectivity index (χ0n) is 25.1. The van der Waals surface area contributed by atoms with Crippen molar-refractivity contribution in [2.24, 2.45) is 0 Å². The summed E-state index contributed by atoms with van der Waals surface area (Å²) in [5, 5.41) is 1.45. The first-order valence-electron chi connectivity index (χ1n) is 14.7. The van der Waals surface area contributed by atoms with Crippen LogP contribution in [0.4, 0.5) is 0 Å². The number of fused-ring (bicyclic) bond motifs is 2. The Hall–Kier alpha value is -4.12. The molecule has 0 radical (unpaired) electrons. The SMILES string of the molecule is C=CC(=O)N1Cc2cc(C)ccc2[C@@H](c2ccc(Cl)cc2)C1.C=CC(=O)N1Cc2cc(C)ccc2[C@H](c2ccc(Cl)cc2)C1. The largest absolute Gasteiger partial charge is 0.334 e. The van der Waals surface area contributed by atoms with Gasteiger partial charge in [-0.2, -0.15) is 0 Å². The molecule has 0 spiro atoms. The van der Waals surface area contributed by atoms with E-state index in [4.69, 9.17) is 23.2 Å². The number of carbonyl (C=O) groups excluding carboxylic acids is 2. The van der Waals surface area contributed by atoms with Crippen molar-refractivity contribution >= 4 is 35.0 Å². The normalized spacial score (nSPS) is 17.0. The van der Waals surface area contributed by atoms with E-state index in [2.05, 4.69) is 63.4 Å². The minimum atomic E-state index is -0.0221. The molecule has 4 aromatic carbocycles. The highest BCUT2D eigenvalue weighted by Crippen LogP contribution is 2.36. The molecule has 4 aromatic rings. The van der Waals surface area contributed by atoms with Gasteiger partial charge in [0.1, 0.15) is 0 Å². The first kappa shape index (κ1) is 31.3. The first-order valence-corrected chi connectivity index (χ1v) is 15.4. The Morgan fingerprint density at radius 1 is 0.636 bits per heavy atom. The zero-order chi connectivity index (χ0) is 31.4. The lowest BCUT2D eigenvalue weighted by Gasteiger charge is -2.34. The van der Waals surface area contributed by atoms with Gasteiger partial charge in [-0.25, -0.2) is 0 Å². The smallest absolute Gasteiger partial charge is 0.246 e. The van der Waals surface area contributed by atoms with Crippen molar-refractivity contribution < 1.29 is 9.59 Å². The molecule has 2 aliphatic rings. The topological polar surface area (TPSA) is 40.6 Å². The van der Waals surface area contributed by atoms with E-state index in [0.717, 1.165) is 10.0 Å². The predicted octanol–water partition coefficient (Wildman–Crippen LogP) is 8.62. The predicted molar refractivity (Wildman–Crippen MR) is 180 cm³/mol. The number of amides is 2. The van der Waals surface area contributed by atoms with Crippen LogP contribution in [0.3, 0.4) is 0 Å². The molecule has 6 rings (SSSR count). The molecule has 44 heavy (non-hydrogen) atoms. The first-order chi connectivity index (χ1) is 21.2. The lowest BCUT2D eigenvalue weighted by atomic mass is 9.84. The van der Waals surface area contributed by atoms with Crippen LogP contribution in [0.5, 0.6) is 0 Å². The maximum Gasteiger partial charge on any atom is 0.246 e. The maximum atomic E-state index is 12.1. The lowest BCUT2D eigenvalue weighted by Crippen LogP contribution is -2.37. The Balaban J connectivity index is 0.000000175. The van der Waals surface area contributed by atoms with Crippen LogP contribution in [0, 0.1) is 13.8 Å². The summed E-state index contributed by atoms with van der Waals surface area (Å²) in [5.74, 6) is 0.299. The van der Waals surface area contributed by atoms with Crippen LogP contribution >= 0.6 is 23.2 Å². The highest BCUT2D eigenvalue weighted by Gasteiger charge is 2.29. The van der Waals surface area contributed by atoms with Gasteiger partial charge in [0, 0.05) is 48.1 Å². The number of benzene rings is 4. The molecule has 0 bridgehead atoms. The molecule has 0 fully saturated rings. The van der Waals surface area contributed by atoms with Crippen molar-refractivity contribution in [1.29, 1.82) is 0 Å². The van der Waals surface area contributed by atoms with E-state index in [1.54, 1.807) is 0 Å². The number of hydrogen-bond donors (Lipinski definition) is 0. The number of rotatable bonds is 4. The summed E-state index contributed by atoms with van der Waals surface area (Å²) < 4.78 is 0. The second kappa shape index (κ2) is 13.7. The summed E-state index contributed by atoms with van der Waals surface area (Å²) in [6, 6.07) is 28.7. The number of aryl methyl sites for hydroxylation is 2. The van der Waals surface area contributed by atoms with Gasteiger partial charge in [-0.05, 0) is 83.6 Å². The molecular formula is C38H36Cl2N2O2. The Bertz CT molecular complexity index is 1570. The summed E-state index contributed by atoms with van der Waals surface area (Å²) in [4.78, 5) is 27.9. The molecule has 0 aliphatic carbocycles. The molecule has 2 amide bonds. The minimum Gasteiger partial charge on any atom is -0.334 e. The van der Waals surface area contributed by atoms with Gasteiger partial charge < -0.3 is 9.80 Å². The number of halogens is 2. The van der Waals surface area contributed by atoms with Gasteiger partial charge in [0.2, 0.25) is 11.8 Å². The molecule has 224 valence electrons. The standard InChI is InChI=1S/2C19H18ClNO/c2*1-3-19(22)21-11-15-10-13(2)4-9-17(15)18(12-21)14-5-7-16(20)8-6-14/h2*3-10,18H,1,11-12H2,2H3/t2*18-/m10/s1. The van der Waals surface area contributed by atoms with Crippen molar-refractivity contribution in [1.82, 2.24) is 9.80 Å². The molecular weight excluding hydrogens is 587 g/mol. The van der Waals surface area contributed by atoms with E-state index in [1.165, 1.54) is 56.7 Å². The van der Waals surface area contributed by atoms with Crippen molar-refractivity contribution in [2.75, 3.05) is 13.1 Å². The molecule has 2 aliphatic heterocycles. The van der Waals surface area contributed by atoms with Crippen LogP contribution in [0.2, 0.25) is 10.0 Å². The van der Waals surface area contributed by atoms with Crippen LogP contribution < -0.4 is 0 Å². The van der Waals surface area contributed by atoms with Crippen LogP contribution in [-0.2, 0) is 22.7 Å². The lowest BCUT2D eigenvalue weighted by molar-refractivity contribution is -0.127. The van der Waals surface area contributed by atoms with Gasteiger partial charge in [0.05, 0.1) is 0 Å². The summed E-state index contributed by atoms with van der Waals surface area (Å²) >= 11 is 12.0. The van der Waals surface area contributed by atoms with Gasteiger partial charge in [-0.3, -0.25) is 9.59 Å². The van der Waals surface area contributed by atoms with Gasteiger partial charge in [0.25, 0.3) is 0 Å². The van der Waals surface area contributed by atoms with Crippen LogP contribution in [-0.4, -0.2) is 34.7 Å². The molecule has 2 heterocycles. The Labute approximate surface area is 270 Å². The average Bonchev–Trinajstić information content (AvgIpc) is 3.03. The zero-order valence-corrected chi connectivity index (χ0v) is 26.6. The fourth-order valence-corrected chi connectivity index (χ4v) is 6.41.